The molecule has 0 spiro atoms. The van der Waals surface area contributed by atoms with Gasteiger partial charge in [-0.05, 0) is 43.5 Å². The number of amides is 1. The Balaban J connectivity index is 1.80. The molecule has 0 aliphatic rings. The van der Waals surface area contributed by atoms with Crippen molar-refractivity contribution in [1.82, 2.24) is 20.6 Å². The first kappa shape index (κ1) is 21.7. The SMILES string of the molecule is C=C(NCCCCC(NC(=O)c1ccc(N=N)nc1)C(=O)OC)c1cccnc1. The van der Waals surface area contributed by atoms with Crippen LogP contribution in [-0.2, 0) is 9.53 Å². The van der Waals surface area contributed by atoms with Crippen molar-refractivity contribution >= 4 is 23.4 Å². The van der Waals surface area contributed by atoms with E-state index in [4.69, 9.17) is 10.3 Å². The molecule has 1 unspecified atom stereocenters. The Morgan fingerprint density at radius 1 is 1.24 bits per heavy atom. The highest BCUT2D eigenvalue weighted by molar-refractivity contribution is 5.96. The summed E-state index contributed by atoms with van der Waals surface area (Å²) >= 11 is 0. The summed E-state index contributed by atoms with van der Waals surface area (Å²) in [4.78, 5) is 32.3. The summed E-state index contributed by atoms with van der Waals surface area (Å²) in [5, 5.41) is 9.07. The molecule has 0 radical (unpaired) electrons. The van der Waals surface area contributed by atoms with Crippen LogP contribution in [0.2, 0.25) is 0 Å². The molecule has 29 heavy (non-hydrogen) atoms. The Kier molecular flexibility index (Phi) is 8.43. The Labute approximate surface area is 169 Å². The Bertz CT molecular complexity index is 839. The fraction of sp³-hybridized carbons (Fsp3) is 0.300. The number of ether oxygens (including phenoxy) is 1. The van der Waals surface area contributed by atoms with Crippen LogP contribution in [0.1, 0.15) is 35.2 Å². The molecule has 2 aromatic heterocycles. The van der Waals surface area contributed by atoms with Gasteiger partial charge in [0.1, 0.15) is 6.04 Å². The predicted molar refractivity (Wildman–Crippen MR) is 107 cm³/mol. The van der Waals surface area contributed by atoms with Crippen LogP contribution in [0, 0.1) is 5.53 Å². The van der Waals surface area contributed by atoms with Crippen molar-refractivity contribution in [3.63, 3.8) is 0 Å². The molecule has 0 aromatic carbocycles. The summed E-state index contributed by atoms with van der Waals surface area (Å²) in [6.45, 7) is 4.66. The van der Waals surface area contributed by atoms with Crippen LogP contribution in [0.25, 0.3) is 5.70 Å². The largest absolute Gasteiger partial charge is 0.467 e. The van der Waals surface area contributed by atoms with E-state index in [0.717, 1.165) is 17.7 Å². The molecule has 0 saturated heterocycles. The number of carbonyl (C=O) groups is 2. The zero-order valence-electron chi connectivity index (χ0n) is 16.2. The Hall–Kier alpha value is -3.62. The standard InChI is InChI=1S/C20H24N6O3/c1-14(15-6-5-10-22-12-15)23-11-4-3-7-17(20(28)29-2)25-19(27)16-8-9-18(26-21)24-13-16/h5-6,8-10,12-13,17,21,23H,1,3-4,7,11H2,2H3,(H,25,27). The van der Waals surface area contributed by atoms with E-state index < -0.39 is 17.9 Å². The normalized spacial score (nSPS) is 11.2. The minimum Gasteiger partial charge on any atom is -0.467 e. The molecule has 1 amide bonds. The summed E-state index contributed by atoms with van der Waals surface area (Å²) in [6, 6.07) is 5.96. The molecule has 9 heteroatoms. The van der Waals surface area contributed by atoms with Crippen LogP contribution in [0.4, 0.5) is 5.82 Å². The van der Waals surface area contributed by atoms with Crippen molar-refractivity contribution in [1.29, 1.82) is 5.53 Å². The van der Waals surface area contributed by atoms with Crippen LogP contribution in [0.5, 0.6) is 0 Å². The number of carbonyl (C=O) groups excluding carboxylic acids is 2. The topological polar surface area (TPSA) is 129 Å². The number of methoxy groups -OCH3 is 1. The molecule has 0 saturated carbocycles. The second-order valence-corrected chi connectivity index (χ2v) is 6.21. The summed E-state index contributed by atoms with van der Waals surface area (Å²) in [5.74, 6) is -0.740. The van der Waals surface area contributed by atoms with Gasteiger partial charge >= 0.3 is 5.97 Å². The first-order valence-electron chi connectivity index (χ1n) is 9.10. The van der Waals surface area contributed by atoms with Gasteiger partial charge in [-0.1, -0.05) is 6.58 Å². The van der Waals surface area contributed by atoms with Gasteiger partial charge in [-0.2, -0.15) is 0 Å². The summed E-state index contributed by atoms with van der Waals surface area (Å²) < 4.78 is 4.79. The van der Waals surface area contributed by atoms with Gasteiger partial charge in [0.2, 0.25) is 0 Å². The van der Waals surface area contributed by atoms with E-state index in [-0.39, 0.29) is 11.4 Å². The zero-order valence-corrected chi connectivity index (χ0v) is 16.2. The van der Waals surface area contributed by atoms with Crippen molar-refractivity contribution < 1.29 is 14.3 Å². The van der Waals surface area contributed by atoms with Crippen LogP contribution in [-0.4, -0.2) is 41.5 Å². The monoisotopic (exact) mass is 396 g/mol. The average molecular weight is 396 g/mol. The van der Waals surface area contributed by atoms with Gasteiger partial charge in [0.05, 0.1) is 12.7 Å². The quantitative estimate of drug-likeness (QED) is 0.304. The number of hydrogen-bond donors (Lipinski definition) is 3. The Morgan fingerprint density at radius 3 is 2.69 bits per heavy atom. The number of pyridine rings is 2. The van der Waals surface area contributed by atoms with Crippen molar-refractivity contribution in [2.75, 3.05) is 13.7 Å². The fourth-order valence-corrected chi connectivity index (χ4v) is 2.58. The van der Waals surface area contributed by atoms with Gasteiger partial charge in [0, 0.05) is 36.4 Å². The average Bonchev–Trinajstić information content (AvgIpc) is 2.77. The maximum Gasteiger partial charge on any atom is 0.328 e. The zero-order chi connectivity index (χ0) is 21.1. The van der Waals surface area contributed by atoms with Gasteiger partial charge in [0.15, 0.2) is 5.82 Å². The molecule has 2 heterocycles. The van der Waals surface area contributed by atoms with Gasteiger partial charge < -0.3 is 15.4 Å². The molecule has 0 aliphatic heterocycles. The number of rotatable bonds is 11. The molecule has 3 N–H and O–H groups in total. The number of esters is 1. The van der Waals surface area contributed by atoms with Gasteiger partial charge in [0.25, 0.3) is 5.91 Å². The lowest BCUT2D eigenvalue weighted by molar-refractivity contribution is -0.143. The van der Waals surface area contributed by atoms with Gasteiger partial charge in [-0.25, -0.2) is 15.3 Å². The van der Waals surface area contributed by atoms with Gasteiger partial charge in [-0.3, -0.25) is 9.78 Å². The number of nitrogens with one attached hydrogen (secondary N) is 3. The van der Waals surface area contributed by atoms with Crippen molar-refractivity contribution in [2.24, 2.45) is 5.11 Å². The smallest absolute Gasteiger partial charge is 0.328 e. The summed E-state index contributed by atoms with van der Waals surface area (Å²) in [7, 11) is 1.28. The number of unbranched alkanes of at least 4 members (excludes halogenated alkanes) is 1. The highest BCUT2D eigenvalue weighted by atomic mass is 16.5. The summed E-state index contributed by atoms with van der Waals surface area (Å²) in [5.41, 5.74) is 8.87. The third-order valence-electron chi connectivity index (χ3n) is 4.18. The lowest BCUT2D eigenvalue weighted by Gasteiger charge is -2.17. The third-order valence-corrected chi connectivity index (χ3v) is 4.18. The van der Waals surface area contributed by atoms with E-state index in [1.54, 1.807) is 12.4 Å². The van der Waals surface area contributed by atoms with Crippen molar-refractivity contribution in [2.45, 2.75) is 25.3 Å². The lowest BCUT2D eigenvalue weighted by atomic mass is 10.1. The van der Waals surface area contributed by atoms with E-state index in [2.05, 4.69) is 32.3 Å². The predicted octanol–water partition coefficient (Wildman–Crippen LogP) is 2.84. The lowest BCUT2D eigenvalue weighted by Crippen LogP contribution is -2.41. The Morgan fingerprint density at radius 2 is 2.07 bits per heavy atom. The number of nitrogens with zero attached hydrogens (tertiary/aromatic N) is 3. The molecule has 0 bridgehead atoms. The van der Waals surface area contributed by atoms with E-state index in [0.29, 0.717) is 19.4 Å². The maximum absolute atomic E-state index is 12.3. The molecule has 0 aliphatic carbocycles. The van der Waals surface area contributed by atoms with E-state index in [1.807, 2.05) is 12.1 Å². The molecule has 2 rings (SSSR count). The van der Waals surface area contributed by atoms with Crippen LogP contribution < -0.4 is 10.6 Å². The van der Waals surface area contributed by atoms with E-state index in [9.17, 15) is 9.59 Å². The molecule has 2 aromatic rings. The highest BCUT2D eigenvalue weighted by Gasteiger charge is 2.21. The van der Waals surface area contributed by atoms with Crippen molar-refractivity contribution in [3.8, 4) is 0 Å². The molecule has 1 atom stereocenters. The minimum atomic E-state index is -0.755. The summed E-state index contributed by atoms with van der Waals surface area (Å²) in [6.07, 6.45) is 6.66. The van der Waals surface area contributed by atoms with Crippen LogP contribution in [0.3, 0.4) is 0 Å². The highest BCUT2D eigenvalue weighted by Crippen LogP contribution is 2.10. The second-order valence-electron chi connectivity index (χ2n) is 6.21. The first-order valence-corrected chi connectivity index (χ1v) is 9.10. The minimum absolute atomic E-state index is 0.200. The molecular weight excluding hydrogens is 372 g/mol. The molecule has 0 fully saturated rings. The molecule has 152 valence electrons. The first-order chi connectivity index (χ1) is 14.0. The van der Waals surface area contributed by atoms with Crippen LogP contribution in [0.15, 0.2) is 54.5 Å². The van der Waals surface area contributed by atoms with E-state index >= 15 is 0 Å². The third kappa shape index (κ3) is 6.80. The molecule has 9 nitrogen and oxygen atoms in total. The van der Waals surface area contributed by atoms with Crippen molar-refractivity contribution in [3.05, 3.63) is 60.6 Å². The maximum atomic E-state index is 12.3. The van der Waals surface area contributed by atoms with Gasteiger partial charge in [-0.15, -0.1) is 5.11 Å². The molecular formula is C20H24N6O3. The van der Waals surface area contributed by atoms with E-state index in [1.165, 1.54) is 25.4 Å². The number of hydrogen-bond acceptors (Lipinski definition) is 8. The van der Waals surface area contributed by atoms with Crippen LogP contribution >= 0.6 is 0 Å². The number of aromatic nitrogens is 2. The fourth-order valence-electron chi connectivity index (χ4n) is 2.58. The second kappa shape index (κ2) is 11.3.